The number of carbonyl (C=O) groups is 1. The Balaban J connectivity index is 1.28. The molecule has 1 N–H and O–H groups in total. The number of ether oxygens (including phenoxy) is 1. The summed E-state index contributed by atoms with van der Waals surface area (Å²) in [6, 6.07) is 7.21. The molecule has 0 bridgehead atoms. The monoisotopic (exact) mass is 580 g/mol. The van der Waals surface area contributed by atoms with Crippen molar-refractivity contribution in [2.45, 2.75) is 63.6 Å². The summed E-state index contributed by atoms with van der Waals surface area (Å²) in [6.45, 7) is 10.6. The fourth-order valence-corrected chi connectivity index (χ4v) is 7.35. The number of hydrogen-bond donors (Lipinski definition) is 1. The smallest absolute Gasteiger partial charge is 0.246 e. The Morgan fingerprint density at radius 3 is 2.77 bits per heavy atom. The van der Waals surface area contributed by atoms with Gasteiger partial charge in [0.2, 0.25) is 11.8 Å². The van der Waals surface area contributed by atoms with Crippen molar-refractivity contribution in [3.05, 3.63) is 53.4 Å². The number of nitrogens with one attached hydrogen (secondary N) is 1. The van der Waals surface area contributed by atoms with Gasteiger partial charge in [-0.3, -0.25) is 9.89 Å². The normalized spacial score (nSPS) is 22.5. The molecule has 10 heteroatoms. The quantitative estimate of drug-likeness (QED) is 0.419. The van der Waals surface area contributed by atoms with E-state index < -0.39 is 0 Å². The maximum Gasteiger partial charge on any atom is 0.246 e. The highest BCUT2D eigenvalue weighted by atomic mass is 16.5. The maximum absolute atomic E-state index is 12.5. The summed E-state index contributed by atoms with van der Waals surface area (Å²) >= 11 is 0. The Bertz CT molecular complexity index is 1600. The molecule has 5 heterocycles. The molecule has 7 rings (SSSR count). The topological polar surface area (TPSA) is 105 Å². The molecule has 0 radical (unpaired) electrons. The minimum absolute atomic E-state index is 0.00834. The summed E-state index contributed by atoms with van der Waals surface area (Å²) in [5, 5.41) is 19.2. The summed E-state index contributed by atoms with van der Waals surface area (Å²) in [6.07, 6.45) is 8.79. The first-order chi connectivity index (χ1) is 21.0. The molecule has 10 nitrogen and oxygen atoms in total. The van der Waals surface area contributed by atoms with Crippen LogP contribution in [-0.4, -0.2) is 89.4 Å². The summed E-state index contributed by atoms with van der Waals surface area (Å²) in [4.78, 5) is 26.5. The zero-order valence-corrected chi connectivity index (χ0v) is 25.2. The lowest BCUT2D eigenvalue weighted by Gasteiger charge is -2.42. The Kier molecular flexibility index (Phi) is 7.21. The Labute approximate surface area is 252 Å². The molecule has 1 amide bonds. The Morgan fingerprint density at radius 1 is 1.19 bits per heavy atom. The van der Waals surface area contributed by atoms with Crippen molar-refractivity contribution < 1.29 is 9.53 Å². The number of hydrogen-bond acceptors (Lipinski definition) is 8. The average molecular weight is 581 g/mol. The number of H-pyrrole nitrogens is 1. The first kappa shape index (κ1) is 27.7. The number of aromatic nitrogens is 3. The Hall–Kier alpha value is -4.10. The number of amides is 1. The van der Waals surface area contributed by atoms with E-state index in [1.165, 1.54) is 30.2 Å². The average Bonchev–Trinajstić information content (AvgIpc) is 3.61. The van der Waals surface area contributed by atoms with Crippen molar-refractivity contribution in [1.82, 2.24) is 25.0 Å². The van der Waals surface area contributed by atoms with E-state index in [2.05, 4.69) is 63.6 Å². The van der Waals surface area contributed by atoms with Crippen molar-refractivity contribution in [1.29, 1.82) is 5.26 Å². The number of rotatable bonds is 7. The van der Waals surface area contributed by atoms with Gasteiger partial charge in [0.15, 0.2) is 0 Å². The largest absolute Gasteiger partial charge is 0.475 e. The number of likely N-dealkylation sites (N-methyl/N-ethyl adjacent to an activating group) is 1. The lowest BCUT2D eigenvalue weighted by atomic mass is 9.95. The van der Waals surface area contributed by atoms with Gasteiger partial charge >= 0.3 is 0 Å². The minimum atomic E-state index is -0.0512. The highest BCUT2D eigenvalue weighted by Gasteiger charge is 2.36. The molecule has 224 valence electrons. The zero-order valence-electron chi connectivity index (χ0n) is 25.2. The third-order valence-electron chi connectivity index (χ3n) is 9.85. The van der Waals surface area contributed by atoms with E-state index in [4.69, 9.17) is 9.72 Å². The van der Waals surface area contributed by atoms with Crippen LogP contribution in [0.3, 0.4) is 0 Å². The number of benzene rings is 1. The molecular weight excluding hydrogens is 540 g/mol. The van der Waals surface area contributed by atoms with Gasteiger partial charge in [0.25, 0.3) is 0 Å². The molecular formula is C33H40N8O2. The summed E-state index contributed by atoms with van der Waals surface area (Å²) < 4.78 is 6.44. The lowest BCUT2D eigenvalue weighted by molar-refractivity contribution is -0.128. The molecule has 2 aromatic heterocycles. The van der Waals surface area contributed by atoms with Gasteiger partial charge in [-0.05, 0) is 76.2 Å². The van der Waals surface area contributed by atoms with Crippen LogP contribution >= 0.6 is 0 Å². The van der Waals surface area contributed by atoms with E-state index >= 15 is 0 Å². The van der Waals surface area contributed by atoms with Gasteiger partial charge in [0.1, 0.15) is 18.2 Å². The molecule has 3 aliphatic heterocycles. The molecule has 2 atom stereocenters. The van der Waals surface area contributed by atoms with Crippen LogP contribution in [0, 0.1) is 11.3 Å². The van der Waals surface area contributed by atoms with Crippen molar-refractivity contribution in [2.24, 2.45) is 0 Å². The second-order valence-electron chi connectivity index (χ2n) is 12.6. The molecule has 2 saturated heterocycles. The van der Waals surface area contributed by atoms with Crippen LogP contribution in [0.5, 0.6) is 5.88 Å². The van der Waals surface area contributed by atoms with E-state index in [1.807, 2.05) is 11.1 Å². The van der Waals surface area contributed by atoms with Gasteiger partial charge in [0.05, 0.1) is 35.3 Å². The molecule has 0 unspecified atom stereocenters. The van der Waals surface area contributed by atoms with E-state index in [-0.39, 0.29) is 11.9 Å². The van der Waals surface area contributed by atoms with Crippen LogP contribution in [0.4, 0.5) is 11.4 Å². The summed E-state index contributed by atoms with van der Waals surface area (Å²) in [7, 11) is 2.13. The third-order valence-corrected chi connectivity index (χ3v) is 9.85. The van der Waals surface area contributed by atoms with Crippen LogP contribution in [0.25, 0.3) is 10.9 Å². The molecule has 1 saturated carbocycles. The number of carbonyl (C=O) groups excluding carboxylic acids is 1. The predicted molar refractivity (Wildman–Crippen MR) is 167 cm³/mol. The zero-order chi connectivity index (χ0) is 29.7. The summed E-state index contributed by atoms with van der Waals surface area (Å²) in [5.74, 6) is 0.975. The predicted octanol–water partition coefficient (Wildman–Crippen LogP) is 3.97. The van der Waals surface area contributed by atoms with Gasteiger partial charge in [-0.2, -0.15) is 10.4 Å². The van der Waals surface area contributed by atoms with Crippen molar-refractivity contribution in [2.75, 3.05) is 56.2 Å². The first-order valence-corrected chi connectivity index (χ1v) is 15.6. The molecule has 0 spiro atoms. The first-order valence-electron chi connectivity index (χ1n) is 15.6. The number of anilines is 2. The van der Waals surface area contributed by atoms with E-state index in [0.29, 0.717) is 56.2 Å². The second kappa shape index (κ2) is 11.2. The van der Waals surface area contributed by atoms with Crippen molar-refractivity contribution >= 4 is 28.2 Å². The molecule has 1 aromatic carbocycles. The van der Waals surface area contributed by atoms with E-state index in [1.54, 1.807) is 0 Å². The van der Waals surface area contributed by atoms with Crippen LogP contribution < -0.4 is 14.5 Å². The van der Waals surface area contributed by atoms with Crippen molar-refractivity contribution in [3.63, 3.8) is 0 Å². The molecule has 43 heavy (non-hydrogen) atoms. The second-order valence-corrected chi connectivity index (χ2v) is 12.6. The summed E-state index contributed by atoms with van der Waals surface area (Å²) in [5.41, 5.74) is 7.23. The van der Waals surface area contributed by atoms with Crippen LogP contribution in [0.1, 0.15) is 60.9 Å². The highest BCUT2D eigenvalue weighted by Crippen LogP contribution is 2.48. The third kappa shape index (κ3) is 4.99. The van der Waals surface area contributed by atoms with Crippen molar-refractivity contribution in [3.8, 4) is 11.9 Å². The van der Waals surface area contributed by atoms with Gasteiger partial charge < -0.3 is 24.3 Å². The van der Waals surface area contributed by atoms with Gasteiger partial charge in [-0.1, -0.05) is 12.6 Å². The number of pyridine rings is 1. The number of piperazine rings is 1. The highest BCUT2D eigenvalue weighted by molar-refractivity contribution is 5.94. The molecule has 1 aliphatic carbocycles. The number of likely N-dealkylation sites (tertiary alicyclic amines) is 1. The minimum Gasteiger partial charge on any atom is -0.475 e. The van der Waals surface area contributed by atoms with Crippen LogP contribution in [0.15, 0.2) is 31.0 Å². The number of nitriles is 1. The van der Waals surface area contributed by atoms with E-state index in [0.717, 1.165) is 60.2 Å². The van der Waals surface area contributed by atoms with Gasteiger partial charge in [-0.25, -0.2) is 4.98 Å². The van der Waals surface area contributed by atoms with Gasteiger partial charge in [0, 0.05) is 49.2 Å². The number of fused-ring (bicyclic) bond motifs is 2. The number of nitrogens with zero attached hydrogens (tertiary/aromatic N) is 7. The Morgan fingerprint density at radius 2 is 2.05 bits per heavy atom. The SMILES string of the molecule is C=CC(=O)N1CCN(c2c(C#N)c(OC[C@@H]3CCCN3C)nc3c2CCN(c2c(C4CC4)ccc4[nH]ncc24)C3)C[C@@H]1C. The fraction of sp³-hybridized carbons (Fsp3) is 0.515. The van der Waals surface area contributed by atoms with E-state index in [9.17, 15) is 10.1 Å². The molecule has 3 fully saturated rings. The number of aromatic amines is 1. The fourth-order valence-electron chi connectivity index (χ4n) is 7.35. The van der Waals surface area contributed by atoms with Crippen LogP contribution in [-0.2, 0) is 17.8 Å². The maximum atomic E-state index is 12.5. The molecule has 3 aromatic rings. The lowest BCUT2D eigenvalue weighted by Crippen LogP contribution is -2.54. The molecule has 4 aliphatic rings. The van der Waals surface area contributed by atoms with Gasteiger partial charge in [-0.15, -0.1) is 0 Å². The standard InChI is InChI=1S/C33H40N8O2/c1-4-30(42)41-15-14-40(18-21(41)2)32-25-11-13-39(31-24(22-7-8-22)9-10-28-27(31)17-35-37-28)19-29(25)36-33(26(32)16-34)43-20-23-6-5-12-38(23)3/h4,9-10,17,21-23H,1,5-8,11-15,18-20H2,2-3H3,(H,35,37)/t21-,23-/m0/s1. The van der Waals surface area contributed by atoms with Crippen LogP contribution in [0.2, 0.25) is 0 Å².